The van der Waals surface area contributed by atoms with Crippen molar-refractivity contribution in [3.05, 3.63) is 59.7 Å². The Hall–Kier alpha value is -3.35. The van der Waals surface area contributed by atoms with E-state index in [-0.39, 0.29) is 11.1 Å². The molecule has 0 aromatic heterocycles. The Morgan fingerprint density at radius 1 is 0.667 bits per heavy atom. The second kappa shape index (κ2) is 7.77. The maximum absolute atomic E-state index is 11.9. The predicted molar refractivity (Wildman–Crippen MR) is 86.3 cm³/mol. The van der Waals surface area contributed by atoms with E-state index in [1.807, 2.05) is 0 Å². The Kier molecular flexibility index (Phi) is 5.51. The number of amides is 4. The maximum Gasteiger partial charge on any atom is 0.328 e. The van der Waals surface area contributed by atoms with Crippen molar-refractivity contribution in [2.45, 2.75) is 0 Å². The van der Waals surface area contributed by atoms with E-state index in [4.69, 9.17) is 9.47 Å². The molecule has 7 heteroatoms. The highest BCUT2D eigenvalue weighted by atomic mass is 16.5. The van der Waals surface area contributed by atoms with Crippen LogP contribution in [0.15, 0.2) is 48.5 Å². The van der Waals surface area contributed by atoms with Gasteiger partial charge in [-0.2, -0.15) is 0 Å². The SMILES string of the molecule is COc1ccc(C(=O)NC(=O)NC(=O)c2ccc(OC)cc2)cc1. The average molecular weight is 328 g/mol. The highest BCUT2D eigenvalue weighted by Gasteiger charge is 2.14. The first-order chi connectivity index (χ1) is 11.5. The Morgan fingerprint density at radius 3 is 1.29 bits per heavy atom. The molecule has 7 nitrogen and oxygen atoms in total. The van der Waals surface area contributed by atoms with Crippen molar-refractivity contribution in [2.75, 3.05) is 14.2 Å². The molecule has 0 aliphatic carbocycles. The number of ether oxygens (including phenoxy) is 2. The summed E-state index contributed by atoms with van der Waals surface area (Å²) in [5.41, 5.74) is 0.533. The molecule has 2 aromatic rings. The van der Waals surface area contributed by atoms with Crippen molar-refractivity contribution in [3.8, 4) is 11.5 Å². The molecule has 2 aromatic carbocycles. The molecule has 0 fully saturated rings. The third-order valence-corrected chi connectivity index (χ3v) is 3.16. The van der Waals surface area contributed by atoms with E-state index in [1.54, 1.807) is 24.3 Å². The standard InChI is InChI=1S/C17H16N2O5/c1-23-13-7-3-11(4-8-13)15(20)18-17(22)19-16(21)12-5-9-14(24-2)10-6-12/h3-10H,1-2H3,(H2,18,19,20,21,22). The fourth-order valence-electron chi connectivity index (χ4n) is 1.87. The summed E-state index contributed by atoms with van der Waals surface area (Å²) < 4.78 is 9.97. The number of hydrogen-bond acceptors (Lipinski definition) is 5. The van der Waals surface area contributed by atoms with E-state index in [0.717, 1.165) is 0 Å². The van der Waals surface area contributed by atoms with Gasteiger partial charge in [-0.25, -0.2) is 4.79 Å². The van der Waals surface area contributed by atoms with E-state index in [9.17, 15) is 14.4 Å². The van der Waals surface area contributed by atoms with E-state index in [2.05, 4.69) is 10.6 Å². The van der Waals surface area contributed by atoms with Crippen LogP contribution in [0.5, 0.6) is 11.5 Å². The lowest BCUT2D eigenvalue weighted by molar-refractivity contribution is 0.0945. The van der Waals surface area contributed by atoms with Crippen LogP contribution in [0.1, 0.15) is 20.7 Å². The van der Waals surface area contributed by atoms with Crippen molar-refractivity contribution in [3.63, 3.8) is 0 Å². The molecule has 0 saturated heterocycles. The monoisotopic (exact) mass is 328 g/mol. The Bertz CT molecular complexity index is 675. The third-order valence-electron chi connectivity index (χ3n) is 3.16. The van der Waals surface area contributed by atoms with Crippen molar-refractivity contribution >= 4 is 17.8 Å². The summed E-state index contributed by atoms with van der Waals surface area (Å²) in [6.45, 7) is 0. The molecule has 0 bridgehead atoms. The lowest BCUT2D eigenvalue weighted by Gasteiger charge is -2.07. The van der Waals surface area contributed by atoms with Crippen LogP contribution in [0.25, 0.3) is 0 Å². The molecule has 0 aliphatic heterocycles. The molecule has 4 amide bonds. The van der Waals surface area contributed by atoms with Gasteiger partial charge in [-0.3, -0.25) is 20.2 Å². The Labute approximate surface area is 138 Å². The first-order valence-corrected chi connectivity index (χ1v) is 6.98. The molecule has 124 valence electrons. The van der Waals surface area contributed by atoms with E-state index in [0.29, 0.717) is 11.5 Å². The Balaban J connectivity index is 1.93. The van der Waals surface area contributed by atoms with Crippen molar-refractivity contribution < 1.29 is 23.9 Å². The fraction of sp³-hybridized carbons (Fsp3) is 0.118. The van der Waals surface area contributed by atoms with Crippen LogP contribution in [0, 0.1) is 0 Å². The first kappa shape index (κ1) is 17.0. The van der Waals surface area contributed by atoms with Crippen LogP contribution < -0.4 is 20.1 Å². The van der Waals surface area contributed by atoms with Crippen LogP contribution in [-0.4, -0.2) is 32.1 Å². The molecule has 0 spiro atoms. The van der Waals surface area contributed by atoms with E-state index in [1.165, 1.54) is 38.5 Å². The smallest absolute Gasteiger partial charge is 0.328 e. The summed E-state index contributed by atoms with van der Waals surface area (Å²) in [6, 6.07) is 11.5. The van der Waals surface area contributed by atoms with E-state index < -0.39 is 17.8 Å². The van der Waals surface area contributed by atoms with Gasteiger partial charge in [0.15, 0.2) is 0 Å². The van der Waals surface area contributed by atoms with Crippen molar-refractivity contribution in [2.24, 2.45) is 0 Å². The minimum absolute atomic E-state index is 0.267. The Morgan fingerprint density at radius 2 is 1.00 bits per heavy atom. The third kappa shape index (κ3) is 4.33. The van der Waals surface area contributed by atoms with Gasteiger partial charge in [-0.15, -0.1) is 0 Å². The zero-order valence-electron chi connectivity index (χ0n) is 13.2. The van der Waals surface area contributed by atoms with Gasteiger partial charge in [-0.05, 0) is 48.5 Å². The lowest BCUT2D eigenvalue weighted by Crippen LogP contribution is -2.42. The largest absolute Gasteiger partial charge is 0.497 e. The molecule has 2 rings (SSSR count). The summed E-state index contributed by atoms with van der Waals surface area (Å²) in [7, 11) is 3.01. The van der Waals surface area contributed by atoms with Crippen LogP contribution in [0.3, 0.4) is 0 Å². The zero-order chi connectivity index (χ0) is 17.5. The molecular weight excluding hydrogens is 312 g/mol. The number of hydrogen-bond donors (Lipinski definition) is 2. The van der Waals surface area contributed by atoms with Gasteiger partial charge in [0.1, 0.15) is 11.5 Å². The van der Waals surface area contributed by atoms with Gasteiger partial charge in [0.2, 0.25) is 0 Å². The molecule has 0 atom stereocenters. The minimum Gasteiger partial charge on any atom is -0.497 e. The summed E-state index contributed by atoms with van der Waals surface area (Å²) in [5.74, 6) is -0.0771. The second-order valence-electron chi connectivity index (χ2n) is 4.69. The number of benzene rings is 2. The topological polar surface area (TPSA) is 93.7 Å². The van der Waals surface area contributed by atoms with Crippen LogP contribution in [-0.2, 0) is 0 Å². The van der Waals surface area contributed by atoms with E-state index >= 15 is 0 Å². The number of imide groups is 2. The molecule has 2 N–H and O–H groups in total. The number of carbonyl (C=O) groups is 3. The summed E-state index contributed by atoms with van der Waals surface area (Å²) in [4.78, 5) is 35.6. The number of methoxy groups -OCH3 is 2. The van der Waals surface area contributed by atoms with Crippen LogP contribution in [0.4, 0.5) is 4.79 Å². The molecule has 24 heavy (non-hydrogen) atoms. The van der Waals surface area contributed by atoms with Crippen LogP contribution in [0.2, 0.25) is 0 Å². The van der Waals surface area contributed by atoms with Crippen LogP contribution >= 0.6 is 0 Å². The summed E-state index contributed by atoms with van der Waals surface area (Å²) >= 11 is 0. The minimum atomic E-state index is -0.906. The number of rotatable bonds is 4. The van der Waals surface area contributed by atoms with Gasteiger partial charge in [0, 0.05) is 11.1 Å². The quantitative estimate of drug-likeness (QED) is 0.895. The summed E-state index contributed by atoms with van der Waals surface area (Å²) in [5, 5.41) is 4.16. The maximum atomic E-state index is 11.9. The number of urea groups is 1. The van der Waals surface area contributed by atoms with Gasteiger partial charge >= 0.3 is 6.03 Å². The highest BCUT2D eigenvalue weighted by Crippen LogP contribution is 2.12. The van der Waals surface area contributed by atoms with Gasteiger partial charge in [0.05, 0.1) is 14.2 Å². The zero-order valence-corrected chi connectivity index (χ0v) is 13.2. The van der Waals surface area contributed by atoms with Gasteiger partial charge < -0.3 is 9.47 Å². The van der Waals surface area contributed by atoms with Crippen molar-refractivity contribution in [1.82, 2.24) is 10.6 Å². The number of carbonyl (C=O) groups excluding carboxylic acids is 3. The molecule has 0 heterocycles. The summed E-state index contributed by atoms with van der Waals surface area (Å²) in [6.07, 6.45) is 0. The second-order valence-corrected chi connectivity index (χ2v) is 4.69. The number of nitrogens with one attached hydrogen (secondary N) is 2. The molecule has 0 radical (unpaired) electrons. The normalized spacial score (nSPS) is 9.75. The van der Waals surface area contributed by atoms with Gasteiger partial charge in [-0.1, -0.05) is 0 Å². The highest BCUT2D eigenvalue weighted by molar-refractivity contribution is 6.11. The first-order valence-electron chi connectivity index (χ1n) is 6.98. The molecular formula is C17H16N2O5. The molecule has 0 aliphatic rings. The fourth-order valence-corrected chi connectivity index (χ4v) is 1.87. The van der Waals surface area contributed by atoms with Crippen molar-refractivity contribution in [1.29, 1.82) is 0 Å². The average Bonchev–Trinajstić information content (AvgIpc) is 2.61. The van der Waals surface area contributed by atoms with Gasteiger partial charge in [0.25, 0.3) is 11.8 Å². The predicted octanol–water partition coefficient (Wildman–Crippen LogP) is 1.98. The molecule has 0 unspecified atom stereocenters. The molecule has 0 saturated carbocycles. The lowest BCUT2D eigenvalue weighted by atomic mass is 10.2.